The number of carbonyl (C=O) groups excluding carboxylic acids is 2. The van der Waals surface area contributed by atoms with Gasteiger partial charge in [-0.15, -0.1) is 0 Å². The number of amides is 2. The van der Waals surface area contributed by atoms with Crippen molar-refractivity contribution < 1.29 is 9.59 Å². The summed E-state index contributed by atoms with van der Waals surface area (Å²) in [6.45, 7) is 2.57. The molecule has 0 aromatic carbocycles. The molecule has 2 N–H and O–H groups in total. The Morgan fingerprint density at radius 3 is 2.74 bits per heavy atom. The molecule has 0 radical (unpaired) electrons. The summed E-state index contributed by atoms with van der Waals surface area (Å²) in [4.78, 5) is 28.4. The zero-order valence-corrected chi connectivity index (χ0v) is 11.4. The maximum Gasteiger partial charge on any atom is 0.230 e. The van der Waals surface area contributed by atoms with Crippen molar-refractivity contribution in [3.63, 3.8) is 0 Å². The standard InChI is InChI=1S/C14H23N3O2/c15-10-14(5-1-2-6-14)13(19)16-7-8-17-11(9-16)3-4-12(17)18/h11H,1-10,15H2. The minimum atomic E-state index is -0.301. The third kappa shape index (κ3) is 2.04. The number of piperazine rings is 1. The number of rotatable bonds is 2. The molecule has 1 atom stereocenters. The van der Waals surface area contributed by atoms with Crippen LogP contribution in [0, 0.1) is 5.41 Å². The molecule has 2 amide bonds. The van der Waals surface area contributed by atoms with Crippen LogP contribution in [0.4, 0.5) is 0 Å². The van der Waals surface area contributed by atoms with E-state index >= 15 is 0 Å². The molecule has 0 aromatic rings. The van der Waals surface area contributed by atoms with E-state index in [0.717, 1.165) is 32.1 Å². The Bertz CT molecular complexity index is 390. The monoisotopic (exact) mass is 265 g/mol. The highest BCUT2D eigenvalue weighted by Crippen LogP contribution is 2.39. The van der Waals surface area contributed by atoms with Gasteiger partial charge in [-0.05, 0) is 19.3 Å². The summed E-state index contributed by atoms with van der Waals surface area (Å²) in [5.74, 6) is 0.498. The molecule has 2 heterocycles. The van der Waals surface area contributed by atoms with E-state index in [-0.39, 0.29) is 23.3 Å². The Morgan fingerprint density at radius 2 is 2.05 bits per heavy atom. The average Bonchev–Trinajstić information content (AvgIpc) is 3.06. The molecule has 106 valence electrons. The molecule has 2 aliphatic heterocycles. The SMILES string of the molecule is NCC1(C(=O)N2CCN3C(=O)CCC3C2)CCCC1. The first kappa shape index (κ1) is 12.9. The van der Waals surface area contributed by atoms with Crippen LogP contribution >= 0.6 is 0 Å². The van der Waals surface area contributed by atoms with Crippen LogP contribution in [0.3, 0.4) is 0 Å². The molecule has 1 unspecified atom stereocenters. The van der Waals surface area contributed by atoms with E-state index in [9.17, 15) is 9.59 Å². The van der Waals surface area contributed by atoms with Gasteiger partial charge in [-0.2, -0.15) is 0 Å². The number of fused-ring (bicyclic) bond motifs is 1. The van der Waals surface area contributed by atoms with Gasteiger partial charge in [0.25, 0.3) is 0 Å². The van der Waals surface area contributed by atoms with Gasteiger partial charge in [-0.3, -0.25) is 9.59 Å². The molecular weight excluding hydrogens is 242 g/mol. The molecule has 5 heteroatoms. The predicted molar refractivity (Wildman–Crippen MR) is 71.3 cm³/mol. The van der Waals surface area contributed by atoms with Crippen LogP contribution in [-0.2, 0) is 9.59 Å². The van der Waals surface area contributed by atoms with E-state index in [2.05, 4.69) is 0 Å². The van der Waals surface area contributed by atoms with Gasteiger partial charge in [0.2, 0.25) is 11.8 Å². The third-order valence-corrected chi connectivity index (χ3v) is 5.19. The third-order valence-electron chi connectivity index (χ3n) is 5.19. The second-order valence-electron chi connectivity index (χ2n) is 6.22. The van der Waals surface area contributed by atoms with E-state index in [4.69, 9.17) is 5.73 Å². The van der Waals surface area contributed by atoms with Crippen LogP contribution in [0.2, 0.25) is 0 Å². The lowest BCUT2D eigenvalue weighted by atomic mass is 9.84. The van der Waals surface area contributed by atoms with Crippen LogP contribution in [0.15, 0.2) is 0 Å². The van der Waals surface area contributed by atoms with Gasteiger partial charge < -0.3 is 15.5 Å². The predicted octanol–water partition coefficient (Wildman–Crippen LogP) is 0.339. The lowest BCUT2D eigenvalue weighted by molar-refractivity contribution is -0.146. The largest absolute Gasteiger partial charge is 0.338 e. The second kappa shape index (κ2) is 4.78. The van der Waals surface area contributed by atoms with Gasteiger partial charge in [0.05, 0.1) is 5.41 Å². The van der Waals surface area contributed by atoms with Crippen LogP contribution < -0.4 is 5.73 Å². The fourth-order valence-corrected chi connectivity index (χ4v) is 3.94. The fourth-order valence-electron chi connectivity index (χ4n) is 3.94. The Morgan fingerprint density at radius 1 is 1.32 bits per heavy atom. The van der Waals surface area contributed by atoms with E-state index in [1.54, 1.807) is 0 Å². The minimum Gasteiger partial charge on any atom is -0.338 e. The molecule has 5 nitrogen and oxygen atoms in total. The highest BCUT2D eigenvalue weighted by molar-refractivity contribution is 5.84. The summed E-state index contributed by atoms with van der Waals surface area (Å²) in [7, 11) is 0. The minimum absolute atomic E-state index is 0.242. The molecule has 3 fully saturated rings. The molecule has 0 spiro atoms. The summed E-state index contributed by atoms with van der Waals surface area (Å²) in [6, 6.07) is 0.251. The fraction of sp³-hybridized carbons (Fsp3) is 0.857. The van der Waals surface area contributed by atoms with Crippen molar-refractivity contribution in [1.82, 2.24) is 9.80 Å². The molecule has 2 saturated heterocycles. The second-order valence-corrected chi connectivity index (χ2v) is 6.22. The first-order valence-corrected chi connectivity index (χ1v) is 7.45. The van der Waals surface area contributed by atoms with Gasteiger partial charge in [0.15, 0.2) is 0 Å². The maximum absolute atomic E-state index is 12.8. The first-order chi connectivity index (χ1) is 9.16. The lowest BCUT2D eigenvalue weighted by Crippen LogP contribution is -2.57. The molecule has 1 saturated carbocycles. The Labute approximate surface area is 114 Å². The van der Waals surface area contributed by atoms with Gasteiger partial charge in [-0.25, -0.2) is 0 Å². The lowest BCUT2D eigenvalue weighted by Gasteiger charge is -2.41. The molecule has 3 rings (SSSR count). The number of carbonyl (C=O) groups is 2. The summed E-state index contributed by atoms with van der Waals surface area (Å²) in [6.07, 6.45) is 5.65. The molecule has 3 aliphatic rings. The van der Waals surface area contributed by atoms with Gasteiger partial charge in [0, 0.05) is 38.6 Å². The van der Waals surface area contributed by atoms with Crippen molar-refractivity contribution in [3.05, 3.63) is 0 Å². The smallest absolute Gasteiger partial charge is 0.230 e. The van der Waals surface area contributed by atoms with E-state index in [1.165, 1.54) is 0 Å². The topological polar surface area (TPSA) is 66.6 Å². The summed E-state index contributed by atoms with van der Waals surface area (Å²) in [5, 5.41) is 0. The maximum atomic E-state index is 12.8. The molecule has 0 bridgehead atoms. The van der Waals surface area contributed by atoms with Crippen molar-refractivity contribution in [2.45, 2.75) is 44.6 Å². The number of nitrogens with zero attached hydrogens (tertiary/aromatic N) is 2. The van der Waals surface area contributed by atoms with Crippen molar-refractivity contribution in [1.29, 1.82) is 0 Å². The van der Waals surface area contributed by atoms with E-state index in [1.807, 2.05) is 9.80 Å². The normalized spacial score (nSPS) is 29.7. The highest BCUT2D eigenvalue weighted by Gasteiger charge is 2.45. The number of hydrogen-bond acceptors (Lipinski definition) is 3. The molecule has 19 heavy (non-hydrogen) atoms. The van der Waals surface area contributed by atoms with Crippen molar-refractivity contribution >= 4 is 11.8 Å². The number of hydrogen-bond donors (Lipinski definition) is 1. The Hall–Kier alpha value is -1.10. The molecule has 1 aliphatic carbocycles. The zero-order valence-electron chi connectivity index (χ0n) is 11.4. The Kier molecular flexibility index (Phi) is 3.25. The summed E-state index contributed by atoms with van der Waals surface area (Å²) < 4.78 is 0. The van der Waals surface area contributed by atoms with Gasteiger partial charge in [0.1, 0.15) is 0 Å². The quantitative estimate of drug-likeness (QED) is 0.783. The van der Waals surface area contributed by atoms with Crippen LogP contribution in [0.1, 0.15) is 38.5 Å². The zero-order chi connectivity index (χ0) is 13.5. The number of nitrogens with two attached hydrogens (primary N) is 1. The Balaban J connectivity index is 1.70. The van der Waals surface area contributed by atoms with Crippen LogP contribution in [0.5, 0.6) is 0 Å². The van der Waals surface area contributed by atoms with E-state index < -0.39 is 0 Å². The van der Waals surface area contributed by atoms with Crippen molar-refractivity contribution in [2.75, 3.05) is 26.2 Å². The van der Waals surface area contributed by atoms with Gasteiger partial charge in [-0.1, -0.05) is 12.8 Å². The van der Waals surface area contributed by atoms with Gasteiger partial charge >= 0.3 is 0 Å². The first-order valence-electron chi connectivity index (χ1n) is 7.45. The highest BCUT2D eigenvalue weighted by atomic mass is 16.2. The van der Waals surface area contributed by atoms with Crippen LogP contribution in [-0.4, -0.2) is 53.8 Å². The summed E-state index contributed by atoms with van der Waals surface area (Å²) >= 11 is 0. The molecule has 0 aromatic heterocycles. The van der Waals surface area contributed by atoms with Crippen molar-refractivity contribution in [2.24, 2.45) is 11.1 Å². The van der Waals surface area contributed by atoms with Crippen molar-refractivity contribution in [3.8, 4) is 0 Å². The van der Waals surface area contributed by atoms with E-state index in [0.29, 0.717) is 32.6 Å². The summed E-state index contributed by atoms with van der Waals surface area (Å²) in [5.41, 5.74) is 5.59. The van der Waals surface area contributed by atoms with Crippen LogP contribution in [0.25, 0.3) is 0 Å². The molecular formula is C14H23N3O2. The average molecular weight is 265 g/mol.